The van der Waals surface area contributed by atoms with Crippen molar-refractivity contribution in [2.75, 3.05) is 13.7 Å². The molecule has 35 heavy (non-hydrogen) atoms. The Morgan fingerprint density at radius 3 is 2.66 bits per heavy atom. The van der Waals surface area contributed by atoms with Crippen LogP contribution in [0.5, 0.6) is 11.5 Å². The fourth-order valence-corrected chi connectivity index (χ4v) is 3.53. The third kappa shape index (κ3) is 4.56. The van der Waals surface area contributed by atoms with Crippen LogP contribution in [0.15, 0.2) is 47.3 Å². The van der Waals surface area contributed by atoms with Crippen molar-refractivity contribution in [3.8, 4) is 28.6 Å². The molecule has 0 aliphatic rings. The largest absolute Gasteiger partial charge is 0.504 e. The third-order valence-corrected chi connectivity index (χ3v) is 5.28. The molecule has 4 rings (SSSR count). The molecule has 0 radical (unpaired) electrons. The number of phenols is 1. The molecule has 0 aliphatic carbocycles. The highest BCUT2D eigenvalue weighted by Gasteiger charge is 2.21. The van der Waals surface area contributed by atoms with E-state index in [-0.39, 0.29) is 39.7 Å². The molecule has 0 bridgehead atoms. The number of unbranched alkanes of at least 4 members (excludes halogenated alkanes) is 1. The van der Waals surface area contributed by atoms with Gasteiger partial charge in [0.15, 0.2) is 28.7 Å². The quantitative estimate of drug-likeness (QED) is 0.257. The molecule has 0 fully saturated rings. The summed E-state index contributed by atoms with van der Waals surface area (Å²) in [4.78, 5) is 48.7. The molecule has 2 aromatic carbocycles. The number of rotatable bonds is 8. The smallest absolute Gasteiger partial charge is 0.338 e. The molecule has 0 atom stereocenters. The Hall–Kier alpha value is -4.67. The molecule has 2 heterocycles. The van der Waals surface area contributed by atoms with Crippen LogP contribution in [0.1, 0.15) is 40.6 Å². The maximum absolute atomic E-state index is 12.9. The summed E-state index contributed by atoms with van der Waals surface area (Å²) in [5.74, 6) is -1.26. The van der Waals surface area contributed by atoms with Crippen molar-refractivity contribution in [3.05, 3.63) is 64.2 Å². The zero-order valence-corrected chi connectivity index (χ0v) is 19.1. The highest BCUT2D eigenvalue weighted by Crippen LogP contribution is 2.31. The number of aromatic hydroxyl groups is 1. The minimum atomic E-state index is -0.877. The van der Waals surface area contributed by atoms with E-state index in [2.05, 4.69) is 15.0 Å². The van der Waals surface area contributed by atoms with Crippen LogP contribution in [-0.4, -0.2) is 50.2 Å². The predicted octanol–water partition coefficient (Wildman–Crippen LogP) is 2.55. The van der Waals surface area contributed by atoms with Crippen LogP contribution in [-0.2, 0) is 4.74 Å². The van der Waals surface area contributed by atoms with Gasteiger partial charge in [0.25, 0.3) is 5.91 Å². The topological polar surface area (TPSA) is 162 Å². The molecule has 2 aromatic heterocycles. The number of carbonyl (C=O) groups is 2. The molecular formula is C24H23N5O6. The number of aromatic amines is 1. The highest BCUT2D eigenvalue weighted by molar-refractivity contribution is 6.02. The zero-order valence-electron chi connectivity index (χ0n) is 19.1. The van der Waals surface area contributed by atoms with Crippen molar-refractivity contribution >= 4 is 23.0 Å². The van der Waals surface area contributed by atoms with Crippen molar-refractivity contribution in [1.29, 1.82) is 0 Å². The number of H-pyrrole nitrogens is 1. The number of hydrogen-bond acceptors (Lipinski definition) is 8. The van der Waals surface area contributed by atoms with E-state index < -0.39 is 17.6 Å². The van der Waals surface area contributed by atoms with Gasteiger partial charge in [-0.3, -0.25) is 4.79 Å². The van der Waals surface area contributed by atoms with Crippen LogP contribution in [0.25, 0.3) is 28.2 Å². The molecule has 0 spiro atoms. The molecule has 0 aliphatic heterocycles. The number of benzene rings is 2. The third-order valence-electron chi connectivity index (χ3n) is 5.28. The number of ether oxygens (including phenoxy) is 2. The average Bonchev–Trinajstić information content (AvgIpc) is 3.18. The van der Waals surface area contributed by atoms with E-state index in [1.807, 2.05) is 6.92 Å². The minimum Gasteiger partial charge on any atom is -0.504 e. The summed E-state index contributed by atoms with van der Waals surface area (Å²) in [6.45, 7) is 2.28. The molecule has 11 nitrogen and oxygen atoms in total. The Labute approximate surface area is 199 Å². The van der Waals surface area contributed by atoms with Crippen molar-refractivity contribution in [2.45, 2.75) is 19.8 Å². The van der Waals surface area contributed by atoms with Gasteiger partial charge in [-0.1, -0.05) is 19.4 Å². The standard InChI is InChI=1S/C24H23N5O6/c1-3-4-10-35-23(32)14-6-5-7-15(11-14)29-22-19(27-24(29)33)18(20(25)31)26-21(28-22)13-8-9-17(34-2)16(30)12-13/h5-9,11-12,30H,3-4,10H2,1-2H3,(H2,25,31)(H,27,33). The summed E-state index contributed by atoms with van der Waals surface area (Å²) in [5.41, 5.74) is 5.77. The van der Waals surface area contributed by atoms with Gasteiger partial charge >= 0.3 is 11.7 Å². The minimum absolute atomic E-state index is 0.0416. The first-order valence-electron chi connectivity index (χ1n) is 10.8. The monoisotopic (exact) mass is 477 g/mol. The Kier molecular flexibility index (Phi) is 6.49. The van der Waals surface area contributed by atoms with E-state index in [9.17, 15) is 19.5 Å². The Morgan fingerprint density at radius 1 is 1.17 bits per heavy atom. The molecular weight excluding hydrogens is 454 g/mol. The fraction of sp³-hybridized carbons (Fsp3) is 0.208. The van der Waals surface area contributed by atoms with Gasteiger partial charge in [-0.05, 0) is 42.8 Å². The number of carbonyl (C=O) groups excluding carboxylic acids is 2. The predicted molar refractivity (Wildman–Crippen MR) is 127 cm³/mol. The number of primary amides is 1. The van der Waals surface area contributed by atoms with Crippen LogP contribution in [0.2, 0.25) is 0 Å². The second-order valence-electron chi connectivity index (χ2n) is 7.65. The number of nitrogens with one attached hydrogen (secondary N) is 1. The van der Waals surface area contributed by atoms with Crippen LogP contribution in [0.3, 0.4) is 0 Å². The molecule has 1 amide bonds. The van der Waals surface area contributed by atoms with Crippen molar-refractivity contribution in [1.82, 2.24) is 19.5 Å². The van der Waals surface area contributed by atoms with E-state index in [4.69, 9.17) is 15.2 Å². The van der Waals surface area contributed by atoms with Crippen LogP contribution < -0.4 is 16.2 Å². The second kappa shape index (κ2) is 9.67. The number of imidazole rings is 1. The molecule has 0 saturated carbocycles. The molecule has 4 aromatic rings. The van der Waals surface area contributed by atoms with Gasteiger partial charge in [0.2, 0.25) is 0 Å². The highest BCUT2D eigenvalue weighted by atomic mass is 16.5. The zero-order chi connectivity index (χ0) is 25.1. The van der Waals surface area contributed by atoms with Crippen molar-refractivity contribution < 1.29 is 24.2 Å². The summed E-state index contributed by atoms with van der Waals surface area (Å²) < 4.78 is 11.5. The molecule has 0 saturated heterocycles. The van der Waals surface area contributed by atoms with Crippen LogP contribution >= 0.6 is 0 Å². The maximum atomic E-state index is 12.9. The van der Waals surface area contributed by atoms with Gasteiger partial charge in [0.05, 0.1) is 25.0 Å². The number of fused-ring (bicyclic) bond motifs is 1. The molecule has 0 unspecified atom stereocenters. The average molecular weight is 477 g/mol. The number of hydrogen-bond donors (Lipinski definition) is 3. The number of aromatic nitrogens is 4. The number of methoxy groups -OCH3 is 1. The van der Waals surface area contributed by atoms with Gasteiger partial charge in [0.1, 0.15) is 5.52 Å². The van der Waals surface area contributed by atoms with E-state index >= 15 is 0 Å². The lowest BCUT2D eigenvalue weighted by molar-refractivity contribution is 0.0499. The van der Waals surface area contributed by atoms with Gasteiger partial charge < -0.3 is 25.3 Å². The summed E-state index contributed by atoms with van der Waals surface area (Å²) in [5, 5.41) is 10.2. The number of phenolic OH excluding ortho intramolecular Hbond substituents is 1. The Balaban J connectivity index is 1.87. The molecule has 11 heteroatoms. The summed E-state index contributed by atoms with van der Waals surface area (Å²) in [6.07, 6.45) is 1.62. The van der Waals surface area contributed by atoms with E-state index in [0.29, 0.717) is 17.9 Å². The molecule has 4 N–H and O–H groups in total. The van der Waals surface area contributed by atoms with Crippen molar-refractivity contribution in [3.63, 3.8) is 0 Å². The number of nitrogens with two attached hydrogens (primary N) is 1. The first kappa shape index (κ1) is 23.5. The van der Waals surface area contributed by atoms with Gasteiger partial charge in [0, 0.05) is 5.56 Å². The maximum Gasteiger partial charge on any atom is 0.338 e. The number of amides is 1. The lowest BCUT2D eigenvalue weighted by Gasteiger charge is -2.09. The SMILES string of the molecule is CCCCOC(=O)c1cccc(-n2c(=O)[nH]c3c(C(N)=O)nc(-c4ccc(OC)c(O)c4)nc32)c1. The van der Waals surface area contributed by atoms with Gasteiger partial charge in [-0.15, -0.1) is 0 Å². The fourth-order valence-electron chi connectivity index (χ4n) is 3.53. The van der Waals surface area contributed by atoms with Crippen LogP contribution in [0, 0.1) is 0 Å². The second-order valence-corrected chi connectivity index (χ2v) is 7.65. The summed E-state index contributed by atoms with van der Waals surface area (Å²) in [6, 6.07) is 10.8. The van der Waals surface area contributed by atoms with E-state index in [1.165, 1.54) is 29.9 Å². The molecule has 180 valence electrons. The Morgan fingerprint density at radius 2 is 1.97 bits per heavy atom. The van der Waals surface area contributed by atoms with Crippen molar-refractivity contribution in [2.24, 2.45) is 5.73 Å². The van der Waals surface area contributed by atoms with E-state index in [0.717, 1.165) is 12.8 Å². The number of esters is 1. The lowest BCUT2D eigenvalue weighted by atomic mass is 10.1. The summed E-state index contributed by atoms with van der Waals surface area (Å²) in [7, 11) is 1.41. The van der Waals surface area contributed by atoms with Crippen LogP contribution in [0.4, 0.5) is 0 Å². The van der Waals surface area contributed by atoms with E-state index in [1.54, 1.807) is 24.3 Å². The van der Waals surface area contributed by atoms with Gasteiger partial charge in [-0.2, -0.15) is 0 Å². The summed E-state index contributed by atoms with van der Waals surface area (Å²) >= 11 is 0. The first-order chi connectivity index (χ1) is 16.8. The number of nitrogens with zero attached hydrogens (tertiary/aromatic N) is 3. The lowest BCUT2D eigenvalue weighted by Crippen LogP contribution is -2.16. The first-order valence-corrected chi connectivity index (χ1v) is 10.8. The normalized spacial score (nSPS) is 10.9. The Bertz CT molecular complexity index is 1490. The van der Waals surface area contributed by atoms with Gasteiger partial charge in [-0.25, -0.2) is 24.1 Å².